The molecule has 2 atom stereocenters. The van der Waals surface area contributed by atoms with Gasteiger partial charge in [-0.05, 0) is 23.8 Å². The summed E-state index contributed by atoms with van der Waals surface area (Å²) in [6.07, 6.45) is -1.55. The fraction of sp³-hybridized carbons (Fsp3) is 0.200. The number of hydrogen-bond acceptors (Lipinski definition) is 2. The van der Waals surface area contributed by atoms with Crippen LogP contribution >= 0.6 is 0 Å². The molecule has 2 nitrogen and oxygen atoms in total. The van der Waals surface area contributed by atoms with Crippen LogP contribution in [0.2, 0.25) is 0 Å². The monoisotopic (exact) mass is 262 g/mol. The van der Waals surface area contributed by atoms with E-state index in [1.807, 2.05) is 18.2 Å². The minimum Gasteiger partial charge on any atom is -0.487 e. The van der Waals surface area contributed by atoms with Gasteiger partial charge in [0.2, 0.25) is 0 Å². The molecule has 2 unspecified atom stereocenters. The smallest absolute Gasteiger partial charge is 0.133 e. The summed E-state index contributed by atoms with van der Waals surface area (Å²) in [6.45, 7) is 0. The van der Waals surface area contributed by atoms with Gasteiger partial charge in [0.15, 0.2) is 0 Å². The van der Waals surface area contributed by atoms with E-state index in [0.717, 1.165) is 17.7 Å². The summed E-state index contributed by atoms with van der Waals surface area (Å²) in [7, 11) is 0. The third-order valence-corrected chi connectivity index (χ3v) is 3.32. The number of hydrogen-bond donors (Lipinski definition) is 1. The predicted octanol–water partition coefficient (Wildman–Crippen LogP) is 3.00. The lowest BCUT2D eigenvalue weighted by molar-refractivity contribution is 0.0440. The van der Waals surface area contributed by atoms with Gasteiger partial charge in [-0.1, -0.05) is 24.3 Å². The van der Waals surface area contributed by atoms with Crippen LogP contribution in [0.3, 0.4) is 0 Å². The molecule has 0 saturated carbocycles. The van der Waals surface area contributed by atoms with Crippen LogP contribution in [0.25, 0.3) is 0 Å². The zero-order chi connectivity index (χ0) is 13.4. The SMILES string of the molecule is OC(c1c(F)cccc1F)C1Cc2ccccc2O1. The molecule has 19 heavy (non-hydrogen) atoms. The standard InChI is InChI=1S/C15H12F2O2/c16-10-5-3-6-11(17)14(10)15(18)13-8-9-4-1-2-7-12(9)19-13/h1-7,13,15,18H,8H2. The fourth-order valence-electron chi connectivity index (χ4n) is 2.36. The lowest BCUT2D eigenvalue weighted by atomic mass is 9.99. The summed E-state index contributed by atoms with van der Waals surface area (Å²) >= 11 is 0. The Labute approximate surface area is 109 Å². The van der Waals surface area contributed by atoms with E-state index in [1.165, 1.54) is 6.07 Å². The maximum atomic E-state index is 13.6. The van der Waals surface area contributed by atoms with Crippen LogP contribution in [0.15, 0.2) is 42.5 Å². The maximum Gasteiger partial charge on any atom is 0.133 e. The highest BCUT2D eigenvalue weighted by Gasteiger charge is 2.33. The first kappa shape index (κ1) is 12.1. The average molecular weight is 262 g/mol. The van der Waals surface area contributed by atoms with Gasteiger partial charge in [0.25, 0.3) is 0 Å². The number of aliphatic hydroxyl groups is 1. The van der Waals surface area contributed by atoms with Crippen molar-refractivity contribution in [2.24, 2.45) is 0 Å². The molecule has 0 bridgehead atoms. The van der Waals surface area contributed by atoms with Crippen LogP contribution in [0, 0.1) is 11.6 Å². The first-order valence-electron chi connectivity index (χ1n) is 6.03. The molecule has 0 saturated heterocycles. The molecule has 2 aromatic carbocycles. The van der Waals surface area contributed by atoms with Crippen LogP contribution in [-0.4, -0.2) is 11.2 Å². The average Bonchev–Trinajstić information content (AvgIpc) is 2.82. The van der Waals surface area contributed by atoms with Crippen molar-refractivity contribution in [1.82, 2.24) is 0 Å². The van der Waals surface area contributed by atoms with Crippen molar-refractivity contribution in [2.75, 3.05) is 0 Å². The molecule has 0 aromatic heterocycles. The number of fused-ring (bicyclic) bond motifs is 1. The third kappa shape index (κ3) is 2.08. The number of ether oxygens (including phenoxy) is 1. The van der Waals surface area contributed by atoms with Gasteiger partial charge >= 0.3 is 0 Å². The first-order chi connectivity index (χ1) is 9.16. The Balaban J connectivity index is 1.89. The summed E-state index contributed by atoms with van der Waals surface area (Å²) in [5.41, 5.74) is 0.601. The van der Waals surface area contributed by atoms with Gasteiger partial charge in [0.1, 0.15) is 29.6 Å². The quantitative estimate of drug-likeness (QED) is 0.901. The summed E-state index contributed by atoms with van der Waals surface area (Å²) in [5.74, 6) is -0.859. The molecule has 0 radical (unpaired) electrons. The zero-order valence-electron chi connectivity index (χ0n) is 10.0. The van der Waals surface area contributed by atoms with Gasteiger partial charge < -0.3 is 9.84 Å². The molecule has 0 fully saturated rings. The van der Waals surface area contributed by atoms with Crippen molar-refractivity contribution in [2.45, 2.75) is 18.6 Å². The van der Waals surface area contributed by atoms with E-state index in [1.54, 1.807) is 6.07 Å². The Bertz CT molecular complexity index is 568. The van der Waals surface area contributed by atoms with Crippen LogP contribution in [0.5, 0.6) is 5.75 Å². The topological polar surface area (TPSA) is 29.5 Å². The van der Waals surface area contributed by atoms with Crippen LogP contribution in [0.1, 0.15) is 17.2 Å². The minimum atomic E-state index is -1.33. The molecule has 0 spiro atoms. The molecule has 3 rings (SSSR count). The first-order valence-corrected chi connectivity index (χ1v) is 6.03. The fourth-order valence-corrected chi connectivity index (χ4v) is 2.36. The van der Waals surface area contributed by atoms with Gasteiger partial charge in [0.05, 0.1) is 5.56 Å². The highest BCUT2D eigenvalue weighted by molar-refractivity contribution is 5.38. The molecule has 0 aliphatic carbocycles. The lowest BCUT2D eigenvalue weighted by Gasteiger charge is -2.19. The molecule has 2 aromatic rings. The van der Waals surface area contributed by atoms with Gasteiger partial charge in [0, 0.05) is 6.42 Å². The molecular formula is C15H12F2O2. The van der Waals surface area contributed by atoms with E-state index in [2.05, 4.69) is 0 Å². The van der Waals surface area contributed by atoms with Crippen molar-refractivity contribution in [3.05, 3.63) is 65.2 Å². The molecule has 4 heteroatoms. The van der Waals surface area contributed by atoms with E-state index in [4.69, 9.17) is 4.74 Å². The van der Waals surface area contributed by atoms with Gasteiger partial charge in [-0.25, -0.2) is 8.78 Å². The zero-order valence-corrected chi connectivity index (χ0v) is 10.0. The Kier molecular flexibility index (Phi) is 2.95. The second kappa shape index (κ2) is 4.63. The summed E-state index contributed by atoms with van der Waals surface area (Å²) < 4.78 is 32.8. The van der Waals surface area contributed by atoms with Crippen LogP contribution in [0.4, 0.5) is 8.78 Å². The van der Waals surface area contributed by atoms with Gasteiger partial charge in [-0.3, -0.25) is 0 Å². The van der Waals surface area contributed by atoms with Crippen molar-refractivity contribution in [3.8, 4) is 5.75 Å². The second-order valence-corrected chi connectivity index (χ2v) is 4.55. The molecule has 1 heterocycles. The number of para-hydroxylation sites is 1. The number of rotatable bonds is 2. The molecule has 1 aliphatic heterocycles. The van der Waals surface area contributed by atoms with Crippen molar-refractivity contribution >= 4 is 0 Å². The van der Waals surface area contributed by atoms with E-state index in [-0.39, 0.29) is 5.56 Å². The van der Waals surface area contributed by atoms with Crippen molar-refractivity contribution in [1.29, 1.82) is 0 Å². The third-order valence-electron chi connectivity index (χ3n) is 3.32. The van der Waals surface area contributed by atoms with E-state index < -0.39 is 23.8 Å². The Hall–Kier alpha value is -1.94. The number of halogens is 2. The highest BCUT2D eigenvalue weighted by Crippen LogP contribution is 2.35. The van der Waals surface area contributed by atoms with Crippen molar-refractivity contribution in [3.63, 3.8) is 0 Å². The summed E-state index contributed by atoms with van der Waals surface area (Å²) in [4.78, 5) is 0. The van der Waals surface area contributed by atoms with Crippen molar-refractivity contribution < 1.29 is 18.6 Å². The summed E-state index contributed by atoms with van der Waals surface area (Å²) in [5, 5.41) is 10.1. The molecule has 1 aliphatic rings. The maximum absolute atomic E-state index is 13.6. The second-order valence-electron chi connectivity index (χ2n) is 4.55. The molecule has 98 valence electrons. The van der Waals surface area contributed by atoms with Crippen LogP contribution < -0.4 is 4.74 Å². The molecule has 1 N–H and O–H groups in total. The minimum absolute atomic E-state index is 0.333. The lowest BCUT2D eigenvalue weighted by Crippen LogP contribution is -2.24. The Morgan fingerprint density at radius 1 is 1.05 bits per heavy atom. The Morgan fingerprint density at radius 3 is 2.42 bits per heavy atom. The normalized spacial score (nSPS) is 18.8. The number of aliphatic hydroxyl groups excluding tert-OH is 1. The van der Waals surface area contributed by atoms with Gasteiger partial charge in [-0.2, -0.15) is 0 Å². The molecule has 0 amide bonds. The summed E-state index contributed by atoms with van der Waals surface area (Å²) in [6, 6.07) is 10.9. The van der Waals surface area contributed by atoms with Crippen LogP contribution in [-0.2, 0) is 6.42 Å². The highest BCUT2D eigenvalue weighted by atomic mass is 19.1. The van der Waals surface area contributed by atoms with E-state index >= 15 is 0 Å². The number of benzene rings is 2. The van der Waals surface area contributed by atoms with E-state index in [0.29, 0.717) is 12.2 Å². The molecular weight excluding hydrogens is 250 g/mol. The largest absolute Gasteiger partial charge is 0.487 e. The van der Waals surface area contributed by atoms with E-state index in [9.17, 15) is 13.9 Å². The Morgan fingerprint density at radius 2 is 1.74 bits per heavy atom. The van der Waals surface area contributed by atoms with Gasteiger partial charge in [-0.15, -0.1) is 0 Å². The predicted molar refractivity (Wildman–Crippen MR) is 65.9 cm³/mol.